The minimum Gasteiger partial charge on any atom is -0.355 e. The summed E-state index contributed by atoms with van der Waals surface area (Å²) < 4.78 is 0. The number of rotatable bonds is 6. The molecule has 1 N–H and O–H groups in total. The maximum absolute atomic E-state index is 11.9. The van der Waals surface area contributed by atoms with Crippen LogP contribution in [0.2, 0.25) is 5.02 Å². The van der Waals surface area contributed by atoms with Gasteiger partial charge in [-0.3, -0.25) is 4.79 Å². The van der Waals surface area contributed by atoms with Gasteiger partial charge in [0, 0.05) is 18.0 Å². The number of aryl methyl sites for hydroxylation is 1. The molecule has 2 aromatic rings. The molecule has 0 bridgehead atoms. The standard InChI is InChI=1S/C18H20ClNO/c1-14(16-7-3-2-4-8-16)13-20-18(21)11-10-15-6-5-9-17(19)12-15/h2-9,12,14H,10-11,13H2,1H3,(H,20,21). The fourth-order valence-electron chi connectivity index (χ4n) is 2.21. The van der Waals surface area contributed by atoms with E-state index >= 15 is 0 Å². The number of hydrogen-bond acceptors (Lipinski definition) is 1. The van der Waals surface area contributed by atoms with Crippen LogP contribution in [0.5, 0.6) is 0 Å². The van der Waals surface area contributed by atoms with Crippen LogP contribution in [0.25, 0.3) is 0 Å². The Morgan fingerprint density at radius 3 is 2.62 bits per heavy atom. The van der Waals surface area contributed by atoms with E-state index in [4.69, 9.17) is 11.6 Å². The summed E-state index contributed by atoms with van der Waals surface area (Å²) in [6, 6.07) is 17.9. The number of carbonyl (C=O) groups is 1. The third-order valence-corrected chi connectivity index (χ3v) is 3.74. The van der Waals surface area contributed by atoms with E-state index < -0.39 is 0 Å². The fraction of sp³-hybridized carbons (Fsp3) is 0.278. The molecular formula is C18H20ClNO. The van der Waals surface area contributed by atoms with E-state index in [1.165, 1.54) is 5.56 Å². The molecule has 2 nitrogen and oxygen atoms in total. The van der Waals surface area contributed by atoms with Crippen LogP contribution in [0.4, 0.5) is 0 Å². The first-order valence-corrected chi connectivity index (χ1v) is 7.59. The van der Waals surface area contributed by atoms with Crippen molar-refractivity contribution in [3.05, 3.63) is 70.7 Å². The molecule has 0 spiro atoms. The Morgan fingerprint density at radius 2 is 1.90 bits per heavy atom. The Hall–Kier alpha value is -1.80. The monoisotopic (exact) mass is 301 g/mol. The van der Waals surface area contributed by atoms with E-state index in [1.54, 1.807) is 0 Å². The maximum atomic E-state index is 11.9. The lowest BCUT2D eigenvalue weighted by molar-refractivity contribution is -0.121. The average molecular weight is 302 g/mol. The van der Waals surface area contributed by atoms with Gasteiger partial charge in [-0.15, -0.1) is 0 Å². The van der Waals surface area contributed by atoms with Crippen LogP contribution in [-0.2, 0) is 11.2 Å². The van der Waals surface area contributed by atoms with Crippen molar-refractivity contribution in [2.24, 2.45) is 0 Å². The molecule has 0 saturated carbocycles. The first-order chi connectivity index (χ1) is 10.1. The summed E-state index contributed by atoms with van der Waals surface area (Å²) in [5.41, 5.74) is 2.33. The third kappa shape index (κ3) is 5.24. The molecule has 2 rings (SSSR count). The third-order valence-electron chi connectivity index (χ3n) is 3.50. The fourth-order valence-corrected chi connectivity index (χ4v) is 2.42. The molecule has 21 heavy (non-hydrogen) atoms. The number of nitrogens with one attached hydrogen (secondary N) is 1. The van der Waals surface area contributed by atoms with Gasteiger partial charge in [0.2, 0.25) is 5.91 Å². The summed E-state index contributed by atoms with van der Waals surface area (Å²) in [5.74, 6) is 0.402. The molecular weight excluding hydrogens is 282 g/mol. The highest BCUT2D eigenvalue weighted by Gasteiger charge is 2.07. The second-order valence-corrected chi connectivity index (χ2v) is 5.68. The number of amides is 1. The van der Waals surface area contributed by atoms with Crippen molar-refractivity contribution in [3.8, 4) is 0 Å². The Balaban J connectivity index is 1.75. The number of hydrogen-bond donors (Lipinski definition) is 1. The van der Waals surface area contributed by atoms with Gasteiger partial charge < -0.3 is 5.32 Å². The van der Waals surface area contributed by atoms with Crippen molar-refractivity contribution in [2.75, 3.05) is 6.54 Å². The molecule has 0 aliphatic rings. The lowest BCUT2D eigenvalue weighted by Crippen LogP contribution is -2.27. The van der Waals surface area contributed by atoms with Crippen molar-refractivity contribution in [1.29, 1.82) is 0 Å². The maximum Gasteiger partial charge on any atom is 0.220 e. The quantitative estimate of drug-likeness (QED) is 0.851. The molecule has 1 unspecified atom stereocenters. The second-order valence-electron chi connectivity index (χ2n) is 5.25. The van der Waals surface area contributed by atoms with Crippen molar-refractivity contribution >= 4 is 17.5 Å². The molecule has 3 heteroatoms. The van der Waals surface area contributed by atoms with Gasteiger partial charge in [0.05, 0.1) is 0 Å². The molecule has 0 radical (unpaired) electrons. The zero-order valence-corrected chi connectivity index (χ0v) is 12.9. The van der Waals surface area contributed by atoms with Crippen LogP contribution in [0, 0.1) is 0 Å². The van der Waals surface area contributed by atoms with Crippen molar-refractivity contribution in [1.82, 2.24) is 5.32 Å². The van der Waals surface area contributed by atoms with Crippen LogP contribution < -0.4 is 5.32 Å². The predicted octanol–water partition coefficient (Wildman–Crippen LogP) is 4.19. The van der Waals surface area contributed by atoms with Gasteiger partial charge in [-0.2, -0.15) is 0 Å². The summed E-state index contributed by atoms with van der Waals surface area (Å²) in [4.78, 5) is 11.9. The Morgan fingerprint density at radius 1 is 1.14 bits per heavy atom. The lowest BCUT2D eigenvalue weighted by Gasteiger charge is -2.13. The Labute approximate surface area is 131 Å². The molecule has 0 aliphatic carbocycles. The van der Waals surface area contributed by atoms with Gasteiger partial charge in [-0.1, -0.05) is 61.0 Å². The topological polar surface area (TPSA) is 29.1 Å². The van der Waals surface area contributed by atoms with Crippen LogP contribution in [-0.4, -0.2) is 12.5 Å². The minimum absolute atomic E-state index is 0.0813. The van der Waals surface area contributed by atoms with Crippen LogP contribution in [0.1, 0.15) is 30.4 Å². The molecule has 2 aromatic carbocycles. The first-order valence-electron chi connectivity index (χ1n) is 7.21. The van der Waals surface area contributed by atoms with Gasteiger partial charge in [0.15, 0.2) is 0 Å². The minimum atomic E-state index is 0.0813. The van der Waals surface area contributed by atoms with Crippen molar-refractivity contribution < 1.29 is 4.79 Å². The lowest BCUT2D eigenvalue weighted by atomic mass is 10.0. The van der Waals surface area contributed by atoms with Crippen molar-refractivity contribution in [3.63, 3.8) is 0 Å². The zero-order valence-electron chi connectivity index (χ0n) is 12.2. The normalized spacial score (nSPS) is 11.9. The molecule has 110 valence electrons. The highest BCUT2D eigenvalue weighted by molar-refractivity contribution is 6.30. The SMILES string of the molecule is CC(CNC(=O)CCc1cccc(Cl)c1)c1ccccc1. The summed E-state index contributed by atoms with van der Waals surface area (Å²) in [5, 5.41) is 3.71. The predicted molar refractivity (Wildman–Crippen MR) is 87.6 cm³/mol. The molecule has 0 fully saturated rings. The van der Waals surface area contributed by atoms with Gasteiger partial charge in [-0.25, -0.2) is 0 Å². The molecule has 1 atom stereocenters. The Kier molecular flexibility index (Phi) is 5.82. The van der Waals surface area contributed by atoms with Gasteiger partial charge in [0.25, 0.3) is 0 Å². The van der Waals surface area contributed by atoms with Crippen LogP contribution in [0.3, 0.4) is 0 Å². The van der Waals surface area contributed by atoms with E-state index in [-0.39, 0.29) is 5.91 Å². The largest absolute Gasteiger partial charge is 0.355 e. The van der Waals surface area contributed by atoms with Crippen LogP contribution >= 0.6 is 11.6 Å². The molecule has 0 aromatic heterocycles. The van der Waals surface area contributed by atoms with E-state index in [0.29, 0.717) is 30.3 Å². The number of carbonyl (C=O) groups excluding carboxylic acids is 1. The molecule has 0 aliphatic heterocycles. The smallest absolute Gasteiger partial charge is 0.220 e. The van der Waals surface area contributed by atoms with E-state index in [0.717, 1.165) is 5.56 Å². The van der Waals surface area contributed by atoms with Gasteiger partial charge in [-0.05, 0) is 35.6 Å². The van der Waals surface area contributed by atoms with E-state index in [2.05, 4.69) is 24.4 Å². The average Bonchev–Trinajstić information content (AvgIpc) is 2.51. The highest BCUT2D eigenvalue weighted by Crippen LogP contribution is 2.14. The van der Waals surface area contributed by atoms with Gasteiger partial charge in [0.1, 0.15) is 0 Å². The molecule has 0 heterocycles. The summed E-state index contributed by atoms with van der Waals surface area (Å²) in [7, 11) is 0. The van der Waals surface area contributed by atoms with E-state index in [9.17, 15) is 4.79 Å². The summed E-state index contributed by atoms with van der Waals surface area (Å²) in [6.07, 6.45) is 1.20. The molecule has 0 saturated heterocycles. The van der Waals surface area contributed by atoms with Crippen LogP contribution in [0.15, 0.2) is 54.6 Å². The molecule has 1 amide bonds. The van der Waals surface area contributed by atoms with Crippen molar-refractivity contribution in [2.45, 2.75) is 25.7 Å². The zero-order chi connectivity index (χ0) is 15.1. The van der Waals surface area contributed by atoms with E-state index in [1.807, 2.05) is 42.5 Å². The summed E-state index contributed by atoms with van der Waals surface area (Å²) in [6.45, 7) is 2.78. The highest BCUT2D eigenvalue weighted by atomic mass is 35.5. The van der Waals surface area contributed by atoms with Gasteiger partial charge >= 0.3 is 0 Å². The second kappa shape index (κ2) is 7.84. The summed E-state index contributed by atoms with van der Waals surface area (Å²) >= 11 is 5.93. The first kappa shape index (κ1) is 15.6. The Bertz CT molecular complexity index is 583. The number of halogens is 1. The number of benzene rings is 2.